The van der Waals surface area contributed by atoms with Crippen LogP contribution in [0.5, 0.6) is 0 Å². The van der Waals surface area contributed by atoms with Crippen molar-refractivity contribution in [2.45, 2.75) is 26.2 Å². The normalized spacial score (nSPS) is 9.50. The van der Waals surface area contributed by atoms with Gasteiger partial charge in [-0.3, -0.25) is 4.79 Å². The maximum absolute atomic E-state index is 11.4. The predicted molar refractivity (Wildman–Crippen MR) is 56.8 cm³/mol. The molecule has 0 saturated carbocycles. The van der Waals surface area contributed by atoms with Crippen molar-refractivity contribution >= 4 is 5.91 Å². The van der Waals surface area contributed by atoms with Crippen molar-refractivity contribution in [2.24, 2.45) is 0 Å². The van der Waals surface area contributed by atoms with E-state index in [-0.39, 0.29) is 5.91 Å². The minimum atomic E-state index is 0.177. The van der Waals surface area contributed by atoms with Crippen molar-refractivity contribution in [1.82, 2.24) is 4.90 Å². The number of nitrogens with zero attached hydrogens (tertiary/aromatic N) is 1. The van der Waals surface area contributed by atoms with Crippen molar-refractivity contribution in [2.75, 3.05) is 26.8 Å². The van der Waals surface area contributed by atoms with Gasteiger partial charge in [0.05, 0.1) is 6.61 Å². The second-order valence-electron chi connectivity index (χ2n) is 3.18. The first kappa shape index (κ1) is 13.0. The summed E-state index contributed by atoms with van der Waals surface area (Å²) in [6, 6.07) is 0. The maximum atomic E-state index is 11.4. The highest BCUT2D eigenvalue weighted by atomic mass is 16.5. The molecule has 0 saturated heterocycles. The van der Waals surface area contributed by atoms with E-state index in [4.69, 9.17) is 11.2 Å². The van der Waals surface area contributed by atoms with Gasteiger partial charge >= 0.3 is 0 Å². The number of hydrogen-bond acceptors (Lipinski definition) is 2. The fourth-order valence-corrected chi connectivity index (χ4v) is 0.976. The molecular formula is C11H19NO2. The number of rotatable bonds is 7. The van der Waals surface area contributed by atoms with Gasteiger partial charge in [0.15, 0.2) is 0 Å². The molecule has 80 valence electrons. The van der Waals surface area contributed by atoms with Crippen LogP contribution in [0.3, 0.4) is 0 Å². The average Bonchev–Trinajstić information content (AvgIpc) is 2.20. The topological polar surface area (TPSA) is 29.5 Å². The van der Waals surface area contributed by atoms with E-state index in [1.54, 1.807) is 11.9 Å². The van der Waals surface area contributed by atoms with Crippen LogP contribution in [0.2, 0.25) is 0 Å². The van der Waals surface area contributed by atoms with Gasteiger partial charge in [-0.05, 0) is 6.42 Å². The van der Waals surface area contributed by atoms with E-state index in [9.17, 15) is 4.79 Å². The van der Waals surface area contributed by atoms with Crippen molar-refractivity contribution in [1.29, 1.82) is 0 Å². The van der Waals surface area contributed by atoms with E-state index >= 15 is 0 Å². The number of unbranched alkanes of at least 4 members (excludes halogenated alkanes) is 1. The van der Waals surface area contributed by atoms with Crippen LogP contribution < -0.4 is 0 Å². The van der Waals surface area contributed by atoms with Crippen LogP contribution in [0.4, 0.5) is 0 Å². The summed E-state index contributed by atoms with van der Waals surface area (Å²) in [7, 11) is 1.79. The summed E-state index contributed by atoms with van der Waals surface area (Å²) in [5.41, 5.74) is 0. The van der Waals surface area contributed by atoms with Gasteiger partial charge in [-0.1, -0.05) is 19.3 Å². The number of carbonyl (C=O) groups excluding carboxylic acids is 1. The quantitative estimate of drug-likeness (QED) is 0.454. The molecule has 0 aliphatic carbocycles. The van der Waals surface area contributed by atoms with Crippen molar-refractivity contribution in [3.8, 4) is 12.3 Å². The monoisotopic (exact) mass is 197 g/mol. The van der Waals surface area contributed by atoms with Gasteiger partial charge in [-0.15, -0.1) is 6.42 Å². The summed E-state index contributed by atoms with van der Waals surface area (Å²) < 4.78 is 5.08. The molecule has 0 aliphatic rings. The second-order valence-corrected chi connectivity index (χ2v) is 3.18. The molecule has 0 unspecified atom stereocenters. The molecule has 0 heterocycles. The molecule has 0 atom stereocenters. The van der Waals surface area contributed by atoms with Gasteiger partial charge in [-0.25, -0.2) is 0 Å². The highest BCUT2D eigenvalue weighted by molar-refractivity contribution is 5.75. The fraction of sp³-hybridized carbons (Fsp3) is 0.727. The molecule has 0 radical (unpaired) electrons. The zero-order valence-corrected chi connectivity index (χ0v) is 9.08. The number of carbonyl (C=O) groups is 1. The Bertz CT molecular complexity index is 196. The van der Waals surface area contributed by atoms with Gasteiger partial charge in [0.1, 0.15) is 6.61 Å². The minimum Gasteiger partial charge on any atom is -0.367 e. The van der Waals surface area contributed by atoms with Crippen molar-refractivity contribution < 1.29 is 9.53 Å². The highest BCUT2D eigenvalue weighted by Gasteiger charge is 2.06. The SMILES string of the molecule is C#CCOCCN(C)C(=O)CCCC. The Balaban J connectivity index is 3.47. The highest BCUT2D eigenvalue weighted by Crippen LogP contribution is 1.98. The van der Waals surface area contributed by atoms with Crippen LogP contribution in [0.25, 0.3) is 0 Å². The zero-order valence-electron chi connectivity index (χ0n) is 9.08. The van der Waals surface area contributed by atoms with Crippen LogP contribution in [-0.4, -0.2) is 37.6 Å². The van der Waals surface area contributed by atoms with Gasteiger partial charge in [-0.2, -0.15) is 0 Å². The van der Waals surface area contributed by atoms with Gasteiger partial charge in [0, 0.05) is 20.0 Å². The number of amides is 1. The molecule has 14 heavy (non-hydrogen) atoms. The van der Waals surface area contributed by atoms with E-state index in [0.29, 0.717) is 26.2 Å². The summed E-state index contributed by atoms with van der Waals surface area (Å²) in [6.45, 7) is 3.52. The smallest absolute Gasteiger partial charge is 0.222 e. The Morgan fingerprint density at radius 2 is 2.29 bits per heavy atom. The molecule has 0 N–H and O–H groups in total. The van der Waals surface area contributed by atoms with E-state index in [2.05, 4.69) is 12.8 Å². The lowest BCUT2D eigenvalue weighted by molar-refractivity contribution is -0.130. The van der Waals surface area contributed by atoms with Gasteiger partial charge < -0.3 is 9.64 Å². The Labute approximate surface area is 86.4 Å². The summed E-state index contributed by atoms with van der Waals surface area (Å²) in [6.07, 6.45) is 7.64. The number of likely N-dealkylation sites (N-methyl/N-ethyl adjacent to an activating group) is 1. The molecule has 3 nitrogen and oxygen atoms in total. The van der Waals surface area contributed by atoms with Crippen LogP contribution in [0.1, 0.15) is 26.2 Å². The molecular weight excluding hydrogens is 178 g/mol. The minimum absolute atomic E-state index is 0.177. The Kier molecular flexibility index (Phi) is 7.96. The summed E-state index contributed by atoms with van der Waals surface area (Å²) in [4.78, 5) is 13.1. The Morgan fingerprint density at radius 1 is 1.57 bits per heavy atom. The first-order valence-corrected chi connectivity index (χ1v) is 4.97. The molecule has 0 rings (SSSR count). The number of terminal acetylenes is 1. The van der Waals surface area contributed by atoms with E-state index in [0.717, 1.165) is 12.8 Å². The molecule has 0 aromatic carbocycles. The first-order chi connectivity index (χ1) is 6.72. The number of ether oxygens (including phenoxy) is 1. The Hall–Kier alpha value is -1.01. The van der Waals surface area contributed by atoms with Gasteiger partial charge in [0.25, 0.3) is 0 Å². The fourth-order valence-electron chi connectivity index (χ4n) is 0.976. The van der Waals surface area contributed by atoms with Gasteiger partial charge in [0.2, 0.25) is 5.91 Å². The molecule has 0 aliphatic heterocycles. The summed E-state index contributed by atoms with van der Waals surface area (Å²) in [5.74, 6) is 2.56. The molecule has 0 aromatic heterocycles. The van der Waals surface area contributed by atoms with Crippen LogP contribution in [0.15, 0.2) is 0 Å². The lowest BCUT2D eigenvalue weighted by Crippen LogP contribution is -2.29. The molecule has 0 spiro atoms. The molecule has 1 amide bonds. The van der Waals surface area contributed by atoms with Crippen molar-refractivity contribution in [3.05, 3.63) is 0 Å². The third-order valence-corrected chi connectivity index (χ3v) is 1.93. The van der Waals surface area contributed by atoms with Crippen molar-refractivity contribution in [3.63, 3.8) is 0 Å². The van der Waals surface area contributed by atoms with Crippen LogP contribution >= 0.6 is 0 Å². The molecule has 0 bridgehead atoms. The van der Waals surface area contributed by atoms with Crippen LogP contribution in [-0.2, 0) is 9.53 Å². The average molecular weight is 197 g/mol. The lowest BCUT2D eigenvalue weighted by Gasteiger charge is -2.16. The number of hydrogen-bond donors (Lipinski definition) is 0. The first-order valence-electron chi connectivity index (χ1n) is 4.97. The predicted octanol–water partition coefficient (Wildman–Crippen LogP) is 1.28. The zero-order chi connectivity index (χ0) is 10.8. The Morgan fingerprint density at radius 3 is 2.86 bits per heavy atom. The lowest BCUT2D eigenvalue weighted by atomic mass is 10.2. The third-order valence-electron chi connectivity index (χ3n) is 1.93. The van der Waals surface area contributed by atoms with E-state index in [1.807, 2.05) is 0 Å². The standard InChI is InChI=1S/C11H19NO2/c1-4-6-7-11(13)12(3)8-10-14-9-5-2/h2H,4,6-10H2,1,3H3. The maximum Gasteiger partial charge on any atom is 0.222 e. The second kappa shape index (κ2) is 8.58. The molecule has 3 heteroatoms. The molecule has 0 fully saturated rings. The third kappa shape index (κ3) is 6.50. The van der Waals surface area contributed by atoms with E-state index in [1.165, 1.54) is 0 Å². The molecule has 0 aromatic rings. The summed E-state index contributed by atoms with van der Waals surface area (Å²) in [5, 5.41) is 0. The van der Waals surface area contributed by atoms with E-state index < -0.39 is 0 Å². The summed E-state index contributed by atoms with van der Waals surface area (Å²) >= 11 is 0. The van der Waals surface area contributed by atoms with Crippen LogP contribution in [0, 0.1) is 12.3 Å². The largest absolute Gasteiger partial charge is 0.367 e.